The van der Waals surface area contributed by atoms with E-state index in [4.69, 9.17) is 4.74 Å². The monoisotopic (exact) mass is 278 g/mol. The molecule has 1 heterocycles. The zero-order chi connectivity index (χ0) is 15.0. The number of aliphatic hydroxyl groups is 3. The molecule has 0 radical (unpaired) electrons. The third kappa shape index (κ3) is 1.29. The predicted molar refractivity (Wildman–Crippen MR) is 70.6 cm³/mol. The maximum Gasteiger partial charge on any atom is 0.220 e. The number of carbonyl (C=O) groups is 1. The second-order valence-corrected chi connectivity index (χ2v) is 6.33. The van der Waals surface area contributed by atoms with Crippen LogP contribution in [0.4, 0.5) is 0 Å². The van der Waals surface area contributed by atoms with Gasteiger partial charge in [0.15, 0.2) is 5.78 Å². The third-order valence-electron chi connectivity index (χ3n) is 5.21. The highest BCUT2D eigenvalue weighted by atomic mass is 16.6. The van der Waals surface area contributed by atoms with E-state index in [-0.39, 0.29) is 13.0 Å². The molecule has 1 saturated heterocycles. The maximum atomic E-state index is 12.0. The van der Waals surface area contributed by atoms with E-state index in [1.54, 1.807) is 13.0 Å². The minimum Gasteiger partial charge on any atom is -0.381 e. The Labute approximate surface area is 116 Å². The van der Waals surface area contributed by atoms with Crippen molar-refractivity contribution < 1.29 is 24.9 Å². The quantitative estimate of drug-likeness (QED) is 0.552. The van der Waals surface area contributed by atoms with Crippen molar-refractivity contribution in [1.82, 2.24) is 0 Å². The Hall–Kier alpha value is -1.27. The molecule has 5 nitrogen and oxygen atoms in total. The first-order valence-electron chi connectivity index (χ1n) is 6.52. The Bertz CT molecular complexity index is 587. The summed E-state index contributed by atoms with van der Waals surface area (Å²) in [5, 5.41) is 31.9. The van der Waals surface area contributed by atoms with Crippen molar-refractivity contribution in [2.75, 3.05) is 6.61 Å². The molecule has 0 aromatic rings. The summed E-state index contributed by atoms with van der Waals surface area (Å²) in [5.41, 5.74) is -3.47. The van der Waals surface area contributed by atoms with Crippen LogP contribution < -0.4 is 0 Å². The van der Waals surface area contributed by atoms with Crippen LogP contribution in [0.3, 0.4) is 0 Å². The first kappa shape index (κ1) is 13.7. The van der Waals surface area contributed by atoms with E-state index in [1.165, 1.54) is 19.1 Å². The van der Waals surface area contributed by atoms with Crippen molar-refractivity contribution in [2.45, 2.75) is 37.3 Å². The molecule has 108 valence electrons. The van der Waals surface area contributed by atoms with Crippen LogP contribution in [0.5, 0.6) is 0 Å². The van der Waals surface area contributed by atoms with Crippen LogP contribution in [0.15, 0.2) is 36.0 Å². The second kappa shape index (κ2) is 3.49. The summed E-state index contributed by atoms with van der Waals surface area (Å²) in [6.07, 6.45) is 4.18. The summed E-state index contributed by atoms with van der Waals surface area (Å²) in [7, 11) is 0. The average Bonchev–Trinajstić information content (AvgIpc) is 2.57. The van der Waals surface area contributed by atoms with Gasteiger partial charge in [-0.25, -0.2) is 0 Å². The fraction of sp³-hybridized carbons (Fsp3) is 0.533. The number of hydrogen-bond donors (Lipinski definition) is 3. The SMILES string of the molecule is C=C1CO[C@]2(O)C=C3C=CC(=O)[C@@](C)(O)[C@@]3(C)C[C@@]12O. The van der Waals surface area contributed by atoms with Crippen LogP contribution in [0.2, 0.25) is 0 Å². The summed E-state index contributed by atoms with van der Waals surface area (Å²) >= 11 is 0. The highest BCUT2D eigenvalue weighted by molar-refractivity contribution is 5.99. The molecule has 1 aliphatic heterocycles. The summed E-state index contributed by atoms with van der Waals surface area (Å²) in [5.74, 6) is -2.28. The number of fused-ring (bicyclic) bond motifs is 2. The normalized spacial score (nSPS) is 50.8. The molecule has 4 atom stereocenters. The molecule has 0 amide bonds. The van der Waals surface area contributed by atoms with Crippen LogP contribution in [0.1, 0.15) is 20.3 Å². The van der Waals surface area contributed by atoms with Gasteiger partial charge in [0.1, 0.15) is 11.2 Å². The van der Waals surface area contributed by atoms with Gasteiger partial charge < -0.3 is 20.1 Å². The van der Waals surface area contributed by atoms with Crippen LogP contribution in [0.25, 0.3) is 0 Å². The van der Waals surface area contributed by atoms with Gasteiger partial charge in [-0.05, 0) is 36.6 Å². The fourth-order valence-electron chi connectivity index (χ4n) is 3.37. The minimum atomic E-state index is -1.86. The zero-order valence-corrected chi connectivity index (χ0v) is 11.5. The Kier molecular flexibility index (Phi) is 2.39. The van der Waals surface area contributed by atoms with Gasteiger partial charge in [-0.15, -0.1) is 0 Å². The number of ether oxygens (including phenoxy) is 1. The van der Waals surface area contributed by atoms with E-state index in [2.05, 4.69) is 6.58 Å². The van der Waals surface area contributed by atoms with Gasteiger partial charge in [-0.2, -0.15) is 0 Å². The Morgan fingerprint density at radius 2 is 1.90 bits per heavy atom. The summed E-state index contributed by atoms with van der Waals surface area (Å²) in [6.45, 7) is 6.90. The smallest absolute Gasteiger partial charge is 0.220 e. The molecular formula is C15H18O5. The molecule has 0 unspecified atom stereocenters. The lowest BCUT2D eigenvalue weighted by atomic mass is 9.55. The lowest BCUT2D eigenvalue weighted by Crippen LogP contribution is -2.63. The molecule has 0 saturated carbocycles. The van der Waals surface area contributed by atoms with E-state index in [1.807, 2.05) is 0 Å². The summed E-state index contributed by atoms with van der Waals surface area (Å²) in [6, 6.07) is 0. The molecule has 1 fully saturated rings. The van der Waals surface area contributed by atoms with Crippen molar-refractivity contribution in [3.63, 3.8) is 0 Å². The van der Waals surface area contributed by atoms with E-state index in [0.29, 0.717) is 11.1 Å². The van der Waals surface area contributed by atoms with Crippen LogP contribution in [-0.2, 0) is 9.53 Å². The molecule has 0 aromatic heterocycles. The first-order valence-corrected chi connectivity index (χ1v) is 6.52. The average molecular weight is 278 g/mol. The van der Waals surface area contributed by atoms with Crippen LogP contribution in [0, 0.1) is 5.41 Å². The van der Waals surface area contributed by atoms with Crippen LogP contribution in [-0.4, -0.2) is 44.7 Å². The van der Waals surface area contributed by atoms with Crippen molar-refractivity contribution in [3.05, 3.63) is 36.0 Å². The number of hydrogen-bond acceptors (Lipinski definition) is 5. The highest BCUT2D eigenvalue weighted by Gasteiger charge is 2.66. The lowest BCUT2D eigenvalue weighted by molar-refractivity contribution is -0.238. The van der Waals surface area contributed by atoms with Crippen molar-refractivity contribution >= 4 is 5.78 Å². The fourth-order valence-corrected chi connectivity index (χ4v) is 3.37. The molecule has 3 rings (SSSR count). The molecule has 0 aromatic carbocycles. The number of carbonyl (C=O) groups excluding carboxylic acids is 1. The molecule has 5 heteroatoms. The molecule has 0 bridgehead atoms. The second-order valence-electron chi connectivity index (χ2n) is 6.33. The standard InChI is InChI=1S/C15H18O5/c1-9-7-20-15(19)6-10-4-5-11(16)13(3,17)12(10,2)8-14(9,15)18/h4-6,17-19H,1,7-8H2,2-3H3/t12-,13+,14+,15+/m0/s1. The van der Waals surface area contributed by atoms with Gasteiger partial charge in [-0.3, -0.25) is 4.79 Å². The minimum absolute atomic E-state index is 0.0344. The Balaban J connectivity index is 2.25. The summed E-state index contributed by atoms with van der Waals surface area (Å²) in [4.78, 5) is 12.0. The van der Waals surface area contributed by atoms with E-state index < -0.39 is 28.2 Å². The van der Waals surface area contributed by atoms with E-state index in [0.717, 1.165) is 0 Å². The molecule has 3 N–H and O–H groups in total. The topological polar surface area (TPSA) is 87.0 Å². The van der Waals surface area contributed by atoms with E-state index >= 15 is 0 Å². The van der Waals surface area contributed by atoms with Gasteiger partial charge in [0.25, 0.3) is 0 Å². The predicted octanol–water partition coefficient (Wildman–Crippen LogP) is 0.219. The number of rotatable bonds is 0. The maximum absolute atomic E-state index is 12.0. The number of allylic oxidation sites excluding steroid dienone is 1. The zero-order valence-electron chi connectivity index (χ0n) is 11.5. The van der Waals surface area contributed by atoms with Crippen molar-refractivity contribution in [2.24, 2.45) is 5.41 Å². The van der Waals surface area contributed by atoms with Crippen molar-refractivity contribution in [1.29, 1.82) is 0 Å². The van der Waals surface area contributed by atoms with Gasteiger partial charge in [-0.1, -0.05) is 19.6 Å². The summed E-state index contributed by atoms with van der Waals surface area (Å²) < 4.78 is 5.28. The van der Waals surface area contributed by atoms with E-state index in [9.17, 15) is 20.1 Å². The van der Waals surface area contributed by atoms with Gasteiger partial charge in [0.05, 0.1) is 6.61 Å². The van der Waals surface area contributed by atoms with Gasteiger partial charge in [0.2, 0.25) is 5.79 Å². The molecule has 0 spiro atoms. The number of ketones is 1. The molecule has 2 aliphatic carbocycles. The molecule has 20 heavy (non-hydrogen) atoms. The highest BCUT2D eigenvalue weighted by Crippen LogP contribution is 2.58. The Morgan fingerprint density at radius 1 is 1.25 bits per heavy atom. The largest absolute Gasteiger partial charge is 0.381 e. The third-order valence-corrected chi connectivity index (χ3v) is 5.21. The van der Waals surface area contributed by atoms with Crippen molar-refractivity contribution in [3.8, 4) is 0 Å². The Morgan fingerprint density at radius 3 is 2.55 bits per heavy atom. The first-order chi connectivity index (χ1) is 9.07. The van der Waals surface area contributed by atoms with Crippen LogP contribution >= 0.6 is 0 Å². The van der Waals surface area contributed by atoms with Gasteiger partial charge >= 0.3 is 0 Å². The molecule has 3 aliphatic rings. The van der Waals surface area contributed by atoms with Gasteiger partial charge in [0, 0.05) is 5.41 Å². The lowest BCUT2D eigenvalue weighted by Gasteiger charge is -2.53. The molecular weight excluding hydrogens is 260 g/mol.